The maximum absolute atomic E-state index is 12.7. The number of hydrogen-bond donors (Lipinski definition) is 3. The second kappa shape index (κ2) is 11.3. The highest BCUT2D eigenvalue weighted by Crippen LogP contribution is 2.52. The first kappa shape index (κ1) is 28.5. The molecule has 0 aliphatic carbocycles. The van der Waals surface area contributed by atoms with Crippen LogP contribution in [-0.2, 0) is 20.9 Å². The van der Waals surface area contributed by atoms with Crippen molar-refractivity contribution < 1.29 is 48.6 Å². The van der Waals surface area contributed by atoms with Gasteiger partial charge in [0.05, 0.1) is 52.7 Å². The number of aryl methyl sites for hydroxylation is 1. The zero-order valence-corrected chi connectivity index (χ0v) is 23.0. The van der Waals surface area contributed by atoms with Crippen LogP contribution >= 0.6 is 0 Å². The number of aromatic hydroxyl groups is 3. The van der Waals surface area contributed by atoms with Crippen molar-refractivity contribution in [2.75, 3.05) is 28.4 Å². The number of carbonyl (C=O) groups is 2. The molecule has 4 rings (SSSR count). The van der Waals surface area contributed by atoms with Crippen molar-refractivity contribution in [1.29, 1.82) is 0 Å². The summed E-state index contributed by atoms with van der Waals surface area (Å²) in [5, 5.41) is 33.9. The lowest BCUT2D eigenvalue weighted by atomic mass is 9.82. The standard InChI is InChI=1S/C29H31NO10/c1-13-25(33)23-16(11-30-13)12-40-28(23)19-9-17(14(2)31)26(34)24(27(19)35)18(10-22(32)38-5)15-7-20(36-3)29(39-6)21(8-15)37-4/h7-9,11,18,28,33-35H,10,12H2,1-6H3/t18-,28-/m1/s1. The van der Waals surface area contributed by atoms with Gasteiger partial charge in [-0.15, -0.1) is 0 Å². The Morgan fingerprint density at radius 2 is 1.65 bits per heavy atom. The van der Waals surface area contributed by atoms with E-state index in [1.165, 1.54) is 41.4 Å². The Kier molecular flexibility index (Phi) is 8.06. The first-order valence-electron chi connectivity index (χ1n) is 12.3. The summed E-state index contributed by atoms with van der Waals surface area (Å²) in [7, 11) is 5.52. The minimum atomic E-state index is -1.03. The highest BCUT2D eigenvalue weighted by atomic mass is 16.5. The molecule has 0 saturated carbocycles. The van der Waals surface area contributed by atoms with Crippen LogP contribution in [0.4, 0.5) is 0 Å². The predicted octanol–water partition coefficient (Wildman–Crippen LogP) is 4.05. The van der Waals surface area contributed by atoms with Crippen molar-refractivity contribution in [3.63, 3.8) is 0 Å². The number of methoxy groups -OCH3 is 4. The van der Waals surface area contributed by atoms with Gasteiger partial charge < -0.3 is 39.0 Å². The van der Waals surface area contributed by atoms with E-state index in [1.807, 2.05) is 0 Å². The third kappa shape index (κ3) is 4.84. The molecular weight excluding hydrogens is 522 g/mol. The summed E-state index contributed by atoms with van der Waals surface area (Å²) in [6, 6.07) is 4.49. The van der Waals surface area contributed by atoms with Crippen LogP contribution in [-0.4, -0.2) is 60.5 Å². The van der Waals surface area contributed by atoms with Gasteiger partial charge in [0.15, 0.2) is 17.3 Å². The molecule has 11 nitrogen and oxygen atoms in total. The molecule has 40 heavy (non-hydrogen) atoms. The fourth-order valence-corrected chi connectivity index (χ4v) is 5.00. The van der Waals surface area contributed by atoms with Gasteiger partial charge in [-0.05, 0) is 37.6 Å². The van der Waals surface area contributed by atoms with Crippen LogP contribution < -0.4 is 14.2 Å². The molecule has 0 saturated heterocycles. The molecule has 1 aromatic heterocycles. The van der Waals surface area contributed by atoms with Gasteiger partial charge >= 0.3 is 5.97 Å². The van der Waals surface area contributed by atoms with Crippen molar-refractivity contribution in [3.05, 3.63) is 63.5 Å². The normalized spacial score (nSPS) is 14.8. The molecule has 212 valence electrons. The third-order valence-corrected chi connectivity index (χ3v) is 7.06. The molecule has 0 unspecified atom stereocenters. The summed E-state index contributed by atoms with van der Waals surface area (Å²) in [4.78, 5) is 29.5. The number of aromatic nitrogens is 1. The Labute approximate surface area is 230 Å². The van der Waals surface area contributed by atoms with E-state index in [0.29, 0.717) is 28.1 Å². The first-order valence-corrected chi connectivity index (χ1v) is 12.3. The second-order valence-electron chi connectivity index (χ2n) is 9.29. The van der Waals surface area contributed by atoms with Crippen LogP contribution in [0.2, 0.25) is 0 Å². The molecule has 2 atom stereocenters. The van der Waals surface area contributed by atoms with Crippen LogP contribution in [0, 0.1) is 6.92 Å². The van der Waals surface area contributed by atoms with Crippen LogP contribution in [0.25, 0.3) is 0 Å². The summed E-state index contributed by atoms with van der Waals surface area (Å²) in [6.07, 6.45) is 0.269. The molecule has 3 aromatic rings. The topological polar surface area (TPSA) is 154 Å². The highest BCUT2D eigenvalue weighted by molar-refractivity contribution is 5.98. The zero-order chi connectivity index (χ0) is 29.3. The van der Waals surface area contributed by atoms with Gasteiger partial charge in [-0.3, -0.25) is 14.6 Å². The van der Waals surface area contributed by atoms with Gasteiger partial charge in [0.2, 0.25) is 5.75 Å². The SMILES string of the molecule is COC(=O)C[C@H](c1cc(OC)c(OC)c(OC)c1)c1c(O)c(C(C)=O)cc([C@H]2OCc3cnc(C)c(O)c32)c1O. The zero-order valence-electron chi connectivity index (χ0n) is 23.0. The van der Waals surface area contributed by atoms with Gasteiger partial charge in [0, 0.05) is 34.4 Å². The van der Waals surface area contributed by atoms with Crippen molar-refractivity contribution in [2.24, 2.45) is 0 Å². The molecule has 11 heteroatoms. The summed E-state index contributed by atoms with van der Waals surface area (Å²) >= 11 is 0. The number of rotatable bonds is 9. The number of ketones is 1. The molecule has 0 amide bonds. The molecule has 0 radical (unpaired) electrons. The van der Waals surface area contributed by atoms with Crippen molar-refractivity contribution >= 4 is 11.8 Å². The fraction of sp³-hybridized carbons (Fsp3) is 0.345. The van der Waals surface area contributed by atoms with Crippen molar-refractivity contribution in [2.45, 2.75) is 38.9 Å². The Morgan fingerprint density at radius 1 is 1.00 bits per heavy atom. The minimum absolute atomic E-state index is 0.102. The maximum atomic E-state index is 12.7. The lowest BCUT2D eigenvalue weighted by Gasteiger charge is -2.25. The van der Waals surface area contributed by atoms with Crippen LogP contribution in [0.1, 0.15) is 69.2 Å². The van der Waals surface area contributed by atoms with E-state index in [4.69, 9.17) is 23.7 Å². The maximum Gasteiger partial charge on any atom is 0.306 e. The van der Waals surface area contributed by atoms with Crippen LogP contribution in [0.3, 0.4) is 0 Å². The number of hydrogen-bond acceptors (Lipinski definition) is 11. The number of fused-ring (bicyclic) bond motifs is 1. The largest absolute Gasteiger partial charge is 0.507 e. The summed E-state index contributed by atoms with van der Waals surface area (Å²) in [5.41, 5.74) is 1.68. The van der Waals surface area contributed by atoms with E-state index in [1.54, 1.807) is 25.3 Å². The van der Waals surface area contributed by atoms with E-state index in [-0.39, 0.29) is 47.0 Å². The number of ether oxygens (including phenoxy) is 5. The van der Waals surface area contributed by atoms with Gasteiger partial charge in [-0.1, -0.05) is 0 Å². The molecule has 0 bridgehead atoms. The first-order chi connectivity index (χ1) is 19.1. The average Bonchev–Trinajstić information content (AvgIpc) is 3.37. The van der Waals surface area contributed by atoms with Gasteiger partial charge in [-0.2, -0.15) is 0 Å². The number of pyridine rings is 1. The fourth-order valence-electron chi connectivity index (χ4n) is 5.00. The number of phenols is 2. The van der Waals surface area contributed by atoms with E-state index >= 15 is 0 Å². The number of carbonyl (C=O) groups excluding carboxylic acids is 2. The van der Waals surface area contributed by atoms with Gasteiger partial charge in [0.25, 0.3) is 0 Å². The number of nitrogens with zero attached hydrogens (tertiary/aromatic N) is 1. The highest BCUT2D eigenvalue weighted by Gasteiger charge is 2.37. The lowest BCUT2D eigenvalue weighted by Crippen LogP contribution is -2.14. The number of phenolic OH excluding ortho intramolecular Hbond substituents is 2. The third-order valence-electron chi connectivity index (χ3n) is 7.06. The predicted molar refractivity (Wildman–Crippen MR) is 142 cm³/mol. The molecule has 1 aliphatic heterocycles. The molecule has 1 aliphatic rings. The van der Waals surface area contributed by atoms with E-state index in [0.717, 1.165) is 0 Å². The Hall–Kier alpha value is -4.51. The molecule has 2 heterocycles. The van der Waals surface area contributed by atoms with Gasteiger partial charge in [0.1, 0.15) is 23.4 Å². The summed E-state index contributed by atoms with van der Waals surface area (Å²) in [6.45, 7) is 3.00. The van der Waals surface area contributed by atoms with Crippen molar-refractivity contribution in [3.8, 4) is 34.5 Å². The average molecular weight is 554 g/mol. The van der Waals surface area contributed by atoms with Crippen LogP contribution in [0.5, 0.6) is 34.5 Å². The Bertz CT molecular complexity index is 1460. The number of esters is 1. The molecule has 3 N–H and O–H groups in total. The molecule has 0 fully saturated rings. The number of benzene rings is 2. The van der Waals surface area contributed by atoms with Crippen LogP contribution in [0.15, 0.2) is 24.4 Å². The van der Waals surface area contributed by atoms with E-state index in [9.17, 15) is 24.9 Å². The Balaban J connectivity index is 2.03. The summed E-state index contributed by atoms with van der Waals surface area (Å²) in [5.74, 6) is -2.36. The lowest BCUT2D eigenvalue weighted by molar-refractivity contribution is -0.140. The smallest absolute Gasteiger partial charge is 0.306 e. The second-order valence-corrected chi connectivity index (χ2v) is 9.29. The van der Waals surface area contributed by atoms with E-state index < -0.39 is 35.3 Å². The molecule has 0 spiro atoms. The van der Waals surface area contributed by atoms with E-state index in [2.05, 4.69) is 4.98 Å². The summed E-state index contributed by atoms with van der Waals surface area (Å²) < 4.78 is 27.2. The Morgan fingerprint density at radius 3 is 2.20 bits per heavy atom. The quantitative estimate of drug-likeness (QED) is 0.260. The number of Topliss-reactive ketones (excluding diaryl/α,β-unsaturated/α-hetero) is 1. The van der Waals surface area contributed by atoms with Crippen molar-refractivity contribution in [1.82, 2.24) is 4.98 Å². The monoisotopic (exact) mass is 553 g/mol. The molecular formula is C29H31NO10. The molecule has 2 aromatic carbocycles. The van der Waals surface area contributed by atoms with Gasteiger partial charge in [-0.25, -0.2) is 0 Å². The minimum Gasteiger partial charge on any atom is -0.507 e.